The number of hydrogen-bond donors (Lipinski definition) is 2. The Labute approximate surface area is 214 Å². The molecular weight excluding hydrogens is 464 g/mol. The summed E-state index contributed by atoms with van der Waals surface area (Å²) in [5.41, 5.74) is 5.47. The second-order valence-corrected chi connectivity index (χ2v) is 8.80. The highest BCUT2D eigenvalue weighted by Gasteiger charge is 2.16. The van der Waals surface area contributed by atoms with E-state index in [1.165, 1.54) is 13.0 Å². The summed E-state index contributed by atoms with van der Waals surface area (Å²) >= 11 is 0. The maximum Gasteiger partial charge on any atom is 0.248 e. The van der Waals surface area contributed by atoms with E-state index in [9.17, 15) is 9.59 Å². The zero-order chi connectivity index (χ0) is 25.9. The van der Waals surface area contributed by atoms with Crippen LogP contribution < -0.4 is 15.4 Å². The van der Waals surface area contributed by atoms with Gasteiger partial charge in [-0.1, -0.05) is 48.5 Å². The zero-order valence-corrected chi connectivity index (χ0v) is 20.8. The van der Waals surface area contributed by atoms with Gasteiger partial charge in [-0.3, -0.25) is 9.59 Å². The molecule has 0 aliphatic carbocycles. The molecule has 0 fully saturated rings. The lowest BCUT2D eigenvalue weighted by atomic mass is 9.96. The van der Waals surface area contributed by atoms with Gasteiger partial charge in [0.05, 0.1) is 13.4 Å². The molecule has 0 radical (unpaired) electrons. The Hall–Kier alpha value is -4.84. The van der Waals surface area contributed by atoms with Crippen LogP contribution in [-0.4, -0.2) is 18.9 Å². The van der Waals surface area contributed by atoms with Crippen molar-refractivity contribution >= 4 is 50.5 Å². The Morgan fingerprint density at radius 2 is 1.54 bits per heavy atom. The number of ether oxygens (including phenoxy) is 1. The Kier molecular flexibility index (Phi) is 6.47. The van der Waals surface area contributed by atoms with Crippen molar-refractivity contribution in [2.24, 2.45) is 0 Å². The van der Waals surface area contributed by atoms with Crippen LogP contribution in [0.25, 0.3) is 38.4 Å². The van der Waals surface area contributed by atoms with Gasteiger partial charge in [-0.25, -0.2) is 0 Å². The third kappa shape index (κ3) is 4.95. The summed E-state index contributed by atoms with van der Waals surface area (Å²) in [7, 11) is 1.60. The molecule has 0 bridgehead atoms. The van der Waals surface area contributed by atoms with Gasteiger partial charge in [0.2, 0.25) is 11.8 Å². The zero-order valence-electron chi connectivity index (χ0n) is 20.8. The van der Waals surface area contributed by atoms with Gasteiger partial charge in [0.15, 0.2) is 0 Å². The lowest BCUT2D eigenvalue weighted by Crippen LogP contribution is -2.10. The van der Waals surface area contributed by atoms with Gasteiger partial charge in [-0.05, 0) is 53.1 Å². The predicted molar refractivity (Wildman–Crippen MR) is 149 cm³/mol. The van der Waals surface area contributed by atoms with E-state index in [-0.39, 0.29) is 11.8 Å². The molecule has 2 amide bonds. The molecule has 0 saturated heterocycles. The maximum absolute atomic E-state index is 12.8. The number of rotatable bonds is 6. The van der Waals surface area contributed by atoms with E-state index in [1.54, 1.807) is 37.6 Å². The Morgan fingerprint density at radius 1 is 0.811 bits per heavy atom. The van der Waals surface area contributed by atoms with Gasteiger partial charge in [0, 0.05) is 47.0 Å². The highest BCUT2D eigenvalue weighted by molar-refractivity contribution is 6.07. The molecule has 37 heavy (non-hydrogen) atoms. The molecule has 0 spiro atoms. The van der Waals surface area contributed by atoms with Gasteiger partial charge in [-0.15, -0.1) is 0 Å². The molecule has 1 heterocycles. The van der Waals surface area contributed by atoms with Gasteiger partial charge in [0.25, 0.3) is 0 Å². The van der Waals surface area contributed by atoms with Crippen LogP contribution in [0.4, 0.5) is 11.4 Å². The Balaban J connectivity index is 1.50. The first-order chi connectivity index (χ1) is 17.9. The third-order valence-corrected chi connectivity index (χ3v) is 6.20. The maximum atomic E-state index is 12.8. The molecule has 0 aliphatic heterocycles. The van der Waals surface area contributed by atoms with Gasteiger partial charge >= 0.3 is 0 Å². The molecule has 0 saturated carbocycles. The fourth-order valence-corrected chi connectivity index (χ4v) is 4.53. The number of furan rings is 1. The molecule has 2 N–H and O–H groups in total. The lowest BCUT2D eigenvalue weighted by molar-refractivity contribution is -0.114. The number of carbonyl (C=O) groups is 2. The van der Waals surface area contributed by atoms with Gasteiger partial charge < -0.3 is 19.8 Å². The number of hydrogen-bond acceptors (Lipinski definition) is 4. The minimum atomic E-state index is -0.291. The van der Waals surface area contributed by atoms with E-state index in [0.717, 1.165) is 38.4 Å². The molecule has 6 nitrogen and oxygen atoms in total. The smallest absolute Gasteiger partial charge is 0.248 e. The second-order valence-electron chi connectivity index (χ2n) is 8.80. The number of carbonyl (C=O) groups excluding carboxylic acids is 2. The minimum Gasteiger partial charge on any atom is -0.496 e. The summed E-state index contributed by atoms with van der Waals surface area (Å²) in [6.45, 7) is 3.31. The summed E-state index contributed by atoms with van der Waals surface area (Å²) in [6, 6.07) is 25.3. The largest absolute Gasteiger partial charge is 0.496 e. The van der Waals surface area contributed by atoms with Crippen LogP contribution in [0.3, 0.4) is 0 Å². The molecule has 1 aromatic heterocycles. The van der Waals surface area contributed by atoms with E-state index in [0.29, 0.717) is 22.7 Å². The fourth-order valence-electron chi connectivity index (χ4n) is 4.53. The normalized spacial score (nSPS) is 11.5. The Morgan fingerprint density at radius 3 is 2.32 bits per heavy atom. The summed E-state index contributed by atoms with van der Waals surface area (Å²) in [6.07, 6.45) is 3.30. The molecule has 0 aliphatic rings. The molecule has 4 aromatic carbocycles. The minimum absolute atomic E-state index is 0.177. The van der Waals surface area contributed by atoms with Crippen molar-refractivity contribution < 1.29 is 18.7 Å². The number of fused-ring (bicyclic) bond motifs is 2. The number of amides is 2. The van der Waals surface area contributed by atoms with Crippen LogP contribution in [0.1, 0.15) is 19.4 Å². The van der Waals surface area contributed by atoms with Gasteiger partial charge in [-0.2, -0.15) is 0 Å². The van der Waals surface area contributed by atoms with E-state index >= 15 is 0 Å². The van der Waals surface area contributed by atoms with Crippen molar-refractivity contribution in [2.75, 3.05) is 17.7 Å². The number of benzene rings is 4. The van der Waals surface area contributed by atoms with Crippen LogP contribution in [0.5, 0.6) is 5.75 Å². The lowest BCUT2D eigenvalue weighted by Gasteiger charge is -2.11. The van der Waals surface area contributed by atoms with Crippen LogP contribution in [0, 0.1) is 0 Å². The summed E-state index contributed by atoms with van der Waals surface area (Å²) in [4.78, 5) is 24.2. The number of methoxy groups -OCH3 is 1. The van der Waals surface area contributed by atoms with Crippen molar-refractivity contribution in [2.45, 2.75) is 13.8 Å². The van der Waals surface area contributed by atoms with Crippen molar-refractivity contribution in [3.05, 3.63) is 96.8 Å². The van der Waals surface area contributed by atoms with E-state index in [4.69, 9.17) is 9.15 Å². The number of allylic oxidation sites excluding steroid dienone is 1. The van der Waals surface area contributed by atoms with E-state index < -0.39 is 0 Å². The second kappa shape index (κ2) is 10.0. The standard InChI is InChI=1S/C31H26N2O4/c1-19(14-31(35)33-23-11-7-10-22(15-23)32-20(2)34)26-16-27-28(18-37-30(27)17-29(26)36-3)25-13-6-9-21-8-4-5-12-24(21)25/h4-18H,1-3H3,(H,32,34)(H,33,35)/b19-14+. The summed E-state index contributed by atoms with van der Waals surface area (Å²) in [5.74, 6) is 0.144. The molecule has 5 aromatic rings. The quantitative estimate of drug-likeness (QED) is 0.245. The first kappa shape index (κ1) is 23.9. The van der Waals surface area contributed by atoms with Crippen molar-refractivity contribution in [3.63, 3.8) is 0 Å². The monoisotopic (exact) mass is 490 g/mol. The van der Waals surface area contributed by atoms with Crippen LogP contribution in [0.2, 0.25) is 0 Å². The molecule has 5 rings (SSSR count). The topological polar surface area (TPSA) is 80.6 Å². The van der Waals surface area contributed by atoms with E-state index in [1.807, 2.05) is 37.3 Å². The average Bonchev–Trinajstić information content (AvgIpc) is 3.30. The van der Waals surface area contributed by atoms with Gasteiger partial charge in [0.1, 0.15) is 11.3 Å². The molecule has 0 unspecified atom stereocenters. The highest BCUT2D eigenvalue weighted by atomic mass is 16.5. The van der Waals surface area contributed by atoms with Crippen molar-refractivity contribution in [1.29, 1.82) is 0 Å². The SMILES string of the molecule is COc1cc2occ(-c3cccc4ccccc34)c2cc1/C(C)=C/C(=O)Nc1cccc(NC(C)=O)c1. The average molecular weight is 491 g/mol. The number of nitrogens with one attached hydrogen (secondary N) is 2. The van der Waals surface area contributed by atoms with Crippen LogP contribution >= 0.6 is 0 Å². The van der Waals surface area contributed by atoms with E-state index in [2.05, 4.69) is 34.9 Å². The predicted octanol–water partition coefficient (Wildman–Crippen LogP) is 7.26. The molecule has 6 heteroatoms. The third-order valence-electron chi connectivity index (χ3n) is 6.20. The number of anilines is 2. The summed E-state index contributed by atoms with van der Waals surface area (Å²) in [5, 5.41) is 8.79. The first-order valence-corrected chi connectivity index (χ1v) is 11.9. The van der Waals surface area contributed by atoms with Crippen LogP contribution in [0.15, 0.2) is 95.6 Å². The molecule has 184 valence electrons. The van der Waals surface area contributed by atoms with Crippen molar-refractivity contribution in [3.8, 4) is 16.9 Å². The summed E-state index contributed by atoms with van der Waals surface area (Å²) < 4.78 is 11.6. The Bertz CT molecular complexity index is 1670. The molecule has 0 atom stereocenters. The van der Waals surface area contributed by atoms with Crippen LogP contribution in [-0.2, 0) is 9.59 Å². The fraction of sp³-hybridized carbons (Fsp3) is 0.0968. The molecular formula is C31H26N2O4. The highest BCUT2D eigenvalue weighted by Crippen LogP contribution is 2.39. The first-order valence-electron chi connectivity index (χ1n) is 11.9. The van der Waals surface area contributed by atoms with Crippen molar-refractivity contribution in [1.82, 2.24) is 0 Å².